The van der Waals surface area contributed by atoms with Crippen LogP contribution in [0.1, 0.15) is 11.3 Å². The first-order valence-electron chi connectivity index (χ1n) is 6.45. The number of hydrogen-bond acceptors (Lipinski definition) is 3. The van der Waals surface area contributed by atoms with Gasteiger partial charge in [0.25, 0.3) is 0 Å². The molecule has 0 atom stereocenters. The highest BCUT2D eigenvalue weighted by Gasteiger charge is 2.10. The molecule has 0 saturated carbocycles. The Labute approximate surface area is 122 Å². The molecule has 0 aliphatic heterocycles. The molecule has 1 aromatic carbocycles. The number of anilines is 1. The maximum atomic E-state index is 5.95. The summed E-state index contributed by atoms with van der Waals surface area (Å²) in [6.45, 7) is 0.749. The molecule has 0 unspecified atom stereocenters. The zero-order chi connectivity index (χ0) is 13.9. The van der Waals surface area contributed by atoms with Crippen molar-refractivity contribution in [3.8, 4) is 0 Å². The molecular weight excluding hydrogens is 272 g/mol. The van der Waals surface area contributed by atoms with Crippen LogP contribution in [0.4, 0.5) is 5.82 Å². The third kappa shape index (κ3) is 2.49. The van der Waals surface area contributed by atoms with Gasteiger partial charge in [0.2, 0.25) is 0 Å². The highest BCUT2D eigenvalue weighted by Crippen LogP contribution is 2.26. The average Bonchev–Trinajstić information content (AvgIpc) is 2.98. The number of rotatable bonds is 4. The Kier molecular flexibility index (Phi) is 3.61. The van der Waals surface area contributed by atoms with Gasteiger partial charge in [-0.2, -0.15) is 0 Å². The summed E-state index contributed by atoms with van der Waals surface area (Å²) < 4.78 is 5.12. The predicted octanol–water partition coefficient (Wildman–Crippen LogP) is 4.20. The lowest BCUT2D eigenvalue weighted by atomic mass is 10.1. The lowest BCUT2D eigenvalue weighted by Gasteiger charge is -2.20. The van der Waals surface area contributed by atoms with E-state index in [4.69, 9.17) is 16.0 Å². The largest absolute Gasteiger partial charge is 0.472 e. The third-order valence-electron chi connectivity index (χ3n) is 3.27. The number of halogens is 1. The fourth-order valence-corrected chi connectivity index (χ4v) is 2.46. The number of hydrogen-bond donors (Lipinski definition) is 0. The molecule has 0 spiro atoms. The van der Waals surface area contributed by atoms with E-state index in [1.54, 1.807) is 12.5 Å². The zero-order valence-electron chi connectivity index (χ0n) is 11.2. The number of pyridine rings is 1. The molecule has 4 heteroatoms. The minimum absolute atomic E-state index is 0.414. The van der Waals surface area contributed by atoms with Crippen LogP contribution in [0.3, 0.4) is 0 Å². The van der Waals surface area contributed by atoms with Crippen molar-refractivity contribution < 1.29 is 4.42 Å². The second kappa shape index (κ2) is 5.55. The smallest absolute Gasteiger partial charge is 0.136 e. The third-order valence-corrected chi connectivity index (χ3v) is 3.55. The van der Waals surface area contributed by atoms with Gasteiger partial charge in [0.05, 0.1) is 24.1 Å². The van der Waals surface area contributed by atoms with Gasteiger partial charge < -0.3 is 9.32 Å². The Bertz CT molecular complexity index is 710. The highest BCUT2D eigenvalue weighted by atomic mass is 35.5. The second-order valence-corrected chi connectivity index (χ2v) is 5.05. The molecule has 0 radical (unpaired) electrons. The fraction of sp³-hybridized carbons (Fsp3) is 0.188. The molecule has 0 N–H and O–H groups in total. The molecular formula is C16H15ClN2O. The quantitative estimate of drug-likeness (QED) is 0.673. The standard InChI is InChI=1S/C16H15ClN2O/c1-19(10-12-6-7-20-11-12)16-15-5-3-2-4-13(15)8-14(9-17)18-16/h2-8,11H,9-10H2,1H3. The highest BCUT2D eigenvalue weighted by molar-refractivity contribution is 6.17. The van der Waals surface area contributed by atoms with E-state index in [0.29, 0.717) is 5.88 Å². The van der Waals surface area contributed by atoms with Gasteiger partial charge in [-0.1, -0.05) is 24.3 Å². The van der Waals surface area contributed by atoms with Gasteiger partial charge in [-0.15, -0.1) is 11.6 Å². The van der Waals surface area contributed by atoms with Crippen molar-refractivity contribution in [2.75, 3.05) is 11.9 Å². The van der Waals surface area contributed by atoms with Crippen LogP contribution in [-0.4, -0.2) is 12.0 Å². The first-order chi connectivity index (χ1) is 9.78. The van der Waals surface area contributed by atoms with Gasteiger partial charge in [0.1, 0.15) is 5.82 Å². The van der Waals surface area contributed by atoms with E-state index in [1.807, 2.05) is 31.3 Å². The van der Waals surface area contributed by atoms with Crippen LogP contribution in [0.2, 0.25) is 0 Å². The van der Waals surface area contributed by atoms with Gasteiger partial charge in [-0.05, 0) is 17.5 Å². The van der Waals surface area contributed by atoms with Crippen LogP contribution in [-0.2, 0) is 12.4 Å². The summed E-state index contributed by atoms with van der Waals surface area (Å²) in [4.78, 5) is 6.78. The zero-order valence-corrected chi connectivity index (χ0v) is 12.0. The van der Waals surface area contributed by atoms with E-state index in [2.05, 4.69) is 22.0 Å². The van der Waals surface area contributed by atoms with Gasteiger partial charge in [0.15, 0.2) is 0 Å². The van der Waals surface area contributed by atoms with Gasteiger partial charge in [-0.3, -0.25) is 0 Å². The summed E-state index contributed by atoms with van der Waals surface area (Å²) in [6.07, 6.45) is 3.44. The Morgan fingerprint density at radius 1 is 1.25 bits per heavy atom. The van der Waals surface area contributed by atoms with Crippen LogP contribution in [0.15, 0.2) is 53.3 Å². The van der Waals surface area contributed by atoms with E-state index >= 15 is 0 Å². The number of nitrogens with zero attached hydrogens (tertiary/aromatic N) is 2. The first-order valence-corrected chi connectivity index (χ1v) is 6.98. The van der Waals surface area contributed by atoms with Crippen molar-refractivity contribution in [1.29, 1.82) is 0 Å². The van der Waals surface area contributed by atoms with Crippen molar-refractivity contribution in [2.24, 2.45) is 0 Å². The number of furan rings is 1. The second-order valence-electron chi connectivity index (χ2n) is 4.78. The monoisotopic (exact) mass is 286 g/mol. The number of benzene rings is 1. The predicted molar refractivity (Wildman–Crippen MR) is 82.1 cm³/mol. The molecule has 0 fully saturated rings. The van der Waals surface area contributed by atoms with E-state index in [-0.39, 0.29) is 0 Å². The molecule has 0 amide bonds. The Hall–Kier alpha value is -2.00. The van der Waals surface area contributed by atoms with Crippen molar-refractivity contribution in [2.45, 2.75) is 12.4 Å². The molecule has 20 heavy (non-hydrogen) atoms. The van der Waals surface area contributed by atoms with E-state index in [0.717, 1.165) is 34.4 Å². The Morgan fingerprint density at radius 2 is 2.10 bits per heavy atom. The molecule has 3 nitrogen and oxygen atoms in total. The summed E-state index contributed by atoms with van der Waals surface area (Å²) in [5.74, 6) is 1.36. The molecule has 2 aromatic heterocycles. The molecule has 3 rings (SSSR count). The van der Waals surface area contributed by atoms with Crippen LogP contribution in [0.25, 0.3) is 10.8 Å². The van der Waals surface area contributed by atoms with Crippen molar-refractivity contribution in [3.05, 3.63) is 60.2 Å². The number of alkyl halides is 1. The minimum Gasteiger partial charge on any atom is -0.472 e. The van der Waals surface area contributed by atoms with E-state index in [9.17, 15) is 0 Å². The van der Waals surface area contributed by atoms with Crippen molar-refractivity contribution in [3.63, 3.8) is 0 Å². The molecule has 102 valence electrons. The van der Waals surface area contributed by atoms with Gasteiger partial charge in [0, 0.05) is 24.5 Å². The number of fused-ring (bicyclic) bond motifs is 1. The molecule has 0 aliphatic carbocycles. The molecule has 2 heterocycles. The first kappa shape index (κ1) is 13.0. The lowest BCUT2D eigenvalue weighted by molar-refractivity contribution is 0.563. The number of aromatic nitrogens is 1. The molecule has 0 aliphatic rings. The fourth-order valence-electron chi connectivity index (χ4n) is 2.33. The maximum absolute atomic E-state index is 5.95. The molecule has 0 bridgehead atoms. The Balaban J connectivity index is 2.04. The van der Waals surface area contributed by atoms with Crippen molar-refractivity contribution >= 4 is 28.2 Å². The SMILES string of the molecule is CN(Cc1ccoc1)c1nc(CCl)cc2ccccc12. The molecule has 0 saturated heterocycles. The topological polar surface area (TPSA) is 29.3 Å². The van der Waals surface area contributed by atoms with Crippen LogP contribution >= 0.6 is 11.6 Å². The van der Waals surface area contributed by atoms with Crippen LogP contribution in [0, 0.1) is 0 Å². The van der Waals surface area contributed by atoms with Gasteiger partial charge in [-0.25, -0.2) is 4.98 Å². The summed E-state index contributed by atoms with van der Waals surface area (Å²) in [5, 5.41) is 2.29. The van der Waals surface area contributed by atoms with E-state index < -0.39 is 0 Å². The van der Waals surface area contributed by atoms with Crippen molar-refractivity contribution in [1.82, 2.24) is 4.98 Å². The summed E-state index contributed by atoms with van der Waals surface area (Å²) in [6, 6.07) is 12.2. The minimum atomic E-state index is 0.414. The molecule has 3 aromatic rings. The van der Waals surface area contributed by atoms with E-state index in [1.165, 1.54) is 0 Å². The van der Waals surface area contributed by atoms with Crippen LogP contribution < -0.4 is 4.90 Å². The normalized spacial score (nSPS) is 10.9. The Morgan fingerprint density at radius 3 is 2.85 bits per heavy atom. The lowest BCUT2D eigenvalue weighted by Crippen LogP contribution is -2.18. The maximum Gasteiger partial charge on any atom is 0.136 e. The summed E-state index contributed by atoms with van der Waals surface area (Å²) >= 11 is 5.95. The van der Waals surface area contributed by atoms with Gasteiger partial charge >= 0.3 is 0 Å². The average molecular weight is 287 g/mol. The summed E-state index contributed by atoms with van der Waals surface area (Å²) in [5.41, 5.74) is 2.01. The summed E-state index contributed by atoms with van der Waals surface area (Å²) in [7, 11) is 2.03. The van der Waals surface area contributed by atoms with Crippen LogP contribution in [0.5, 0.6) is 0 Å².